The number of carbonyl (C=O) groups excluding carboxylic acids is 1. The SMILES string of the molecule is CNS(=O)(=O)CCNC(=O)c1sccc1/C=C/C(=O)O. The summed E-state index contributed by atoms with van der Waals surface area (Å²) in [5.74, 6) is -1.76. The van der Waals surface area contributed by atoms with Crippen molar-refractivity contribution in [2.45, 2.75) is 0 Å². The predicted molar refractivity (Wildman–Crippen MR) is 76.2 cm³/mol. The number of thiophene rings is 1. The van der Waals surface area contributed by atoms with Gasteiger partial charge in [-0.1, -0.05) is 0 Å². The number of carboxylic acid groups (broad SMARTS) is 1. The van der Waals surface area contributed by atoms with E-state index in [1.54, 1.807) is 11.4 Å². The fourth-order valence-electron chi connectivity index (χ4n) is 1.28. The molecule has 0 bridgehead atoms. The van der Waals surface area contributed by atoms with E-state index in [0.717, 1.165) is 17.4 Å². The lowest BCUT2D eigenvalue weighted by molar-refractivity contribution is -0.131. The molecule has 1 aromatic heterocycles. The van der Waals surface area contributed by atoms with Crippen molar-refractivity contribution < 1.29 is 23.1 Å². The second kappa shape index (κ2) is 7.17. The second-order valence-corrected chi connectivity index (χ2v) is 6.62. The number of nitrogens with one attached hydrogen (secondary N) is 2. The minimum absolute atomic E-state index is 0.0258. The van der Waals surface area contributed by atoms with Crippen LogP contribution >= 0.6 is 11.3 Å². The molecule has 1 heterocycles. The third-order valence-corrected chi connectivity index (χ3v) is 4.57. The lowest BCUT2D eigenvalue weighted by atomic mass is 10.2. The van der Waals surface area contributed by atoms with E-state index >= 15 is 0 Å². The molecule has 0 aliphatic rings. The molecule has 9 heteroatoms. The van der Waals surface area contributed by atoms with Crippen LogP contribution in [0.3, 0.4) is 0 Å². The smallest absolute Gasteiger partial charge is 0.328 e. The molecule has 0 saturated heterocycles. The fraction of sp³-hybridized carbons (Fsp3) is 0.273. The average Bonchev–Trinajstić information content (AvgIpc) is 2.84. The van der Waals surface area contributed by atoms with Crippen LogP contribution in [0, 0.1) is 0 Å². The summed E-state index contributed by atoms with van der Waals surface area (Å²) in [5.41, 5.74) is 0.478. The van der Waals surface area contributed by atoms with Crippen LogP contribution in [0.1, 0.15) is 15.2 Å². The summed E-state index contributed by atoms with van der Waals surface area (Å²) in [6, 6.07) is 1.61. The topological polar surface area (TPSA) is 113 Å². The number of sulfonamides is 1. The first-order valence-corrected chi connectivity index (χ1v) is 8.07. The van der Waals surface area contributed by atoms with E-state index < -0.39 is 21.9 Å². The molecule has 0 aliphatic heterocycles. The van der Waals surface area contributed by atoms with Gasteiger partial charge < -0.3 is 10.4 Å². The van der Waals surface area contributed by atoms with Crippen molar-refractivity contribution in [3.8, 4) is 0 Å². The zero-order valence-corrected chi connectivity index (χ0v) is 12.3. The van der Waals surface area contributed by atoms with E-state index in [-0.39, 0.29) is 12.3 Å². The first-order valence-electron chi connectivity index (χ1n) is 5.53. The van der Waals surface area contributed by atoms with Crippen LogP contribution in [0.2, 0.25) is 0 Å². The number of rotatable bonds is 7. The maximum Gasteiger partial charge on any atom is 0.328 e. The summed E-state index contributed by atoms with van der Waals surface area (Å²) < 4.78 is 24.5. The Bertz CT molecular complexity index is 619. The molecule has 3 N–H and O–H groups in total. The van der Waals surface area contributed by atoms with Gasteiger partial charge in [-0.15, -0.1) is 11.3 Å². The maximum atomic E-state index is 11.8. The van der Waals surface area contributed by atoms with Crippen LogP contribution in [0.5, 0.6) is 0 Å². The molecule has 0 saturated carbocycles. The lowest BCUT2D eigenvalue weighted by Gasteiger charge is -2.05. The Balaban J connectivity index is 2.65. The van der Waals surface area contributed by atoms with E-state index in [1.807, 2.05) is 0 Å². The van der Waals surface area contributed by atoms with Gasteiger partial charge in [0, 0.05) is 12.6 Å². The molecule has 0 radical (unpaired) electrons. The largest absolute Gasteiger partial charge is 0.478 e. The van der Waals surface area contributed by atoms with E-state index in [4.69, 9.17) is 5.11 Å². The first-order chi connectivity index (χ1) is 9.35. The van der Waals surface area contributed by atoms with Crippen molar-refractivity contribution in [2.75, 3.05) is 19.3 Å². The molecular formula is C11H14N2O5S2. The van der Waals surface area contributed by atoms with Crippen molar-refractivity contribution >= 4 is 39.3 Å². The fourth-order valence-corrected chi connectivity index (χ4v) is 2.65. The zero-order chi connectivity index (χ0) is 15.2. The first kappa shape index (κ1) is 16.3. The van der Waals surface area contributed by atoms with Crippen molar-refractivity contribution in [2.24, 2.45) is 0 Å². The summed E-state index contributed by atoms with van der Waals surface area (Å²) in [7, 11) is -2.07. The summed E-state index contributed by atoms with van der Waals surface area (Å²) in [4.78, 5) is 22.6. The minimum atomic E-state index is -3.37. The molecular weight excluding hydrogens is 304 g/mol. The van der Waals surface area contributed by atoms with Gasteiger partial charge in [-0.2, -0.15) is 0 Å². The highest BCUT2D eigenvalue weighted by atomic mass is 32.2. The predicted octanol–water partition coefficient (Wildman–Crippen LogP) is 0.125. The lowest BCUT2D eigenvalue weighted by Crippen LogP contribution is -2.32. The van der Waals surface area contributed by atoms with Gasteiger partial charge in [0.2, 0.25) is 10.0 Å². The van der Waals surface area contributed by atoms with E-state index in [2.05, 4.69) is 10.0 Å². The van der Waals surface area contributed by atoms with Gasteiger partial charge in [0.25, 0.3) is 5.91 Å². The number of amides is 1. The standard InChI is InChI=1S/C11H14N2O5S2/c1-12-20(17,18)7-5-13-11(16)10-8(4-6-19-10)2-3-9(14)15/h2-4,6,12H,5,7H2,1H3,(H,13,16)(H,14,15)/b3-2+. The van der Waals surface area contributed by atoms with Crippen LogP contribution in [-0.4, -0.2) is 44.7 Å². The van der Waals surface area contributed by atoms with Crippen LogP contribution in [-0.2, 0) is 14.8 Å². The highest BCUT2D eigenvalue weighted by Gasteiger charge is 2.13. The Hall–Kier alpha value is -1.71. The molecule has 0 fully saturated rings. The normalized spacial score (nSPS) is 11.7. The van der Waals surface area contributed by atoms with Gasteiger partial charge in [0.15, 0.2) is 0 Å². The van der Waals surface area contributed by atoms with Crippen LogP contribution in [0.25, 0.3) is 6.08 Å². The Morgan fingerprint density at radius 2 is 2.15 bits per heavy atom. The molecule has 0 aromatic carbocycles. The summed E-state index contributed by atoms with van der Waals surface area (Å²) >= 11 is 1.15. The molecule has 1 amide bonds. The number of hydrogen-bond acceptors (Lipinski definition) is 5. The third-order valence-electron chi connectivity index (χ3n) is 2.27. The molecule has 1 rings (SSSR count). The summed E-state index contributed by atoms with van der Waals surface area (Å²) in [6.45, 7) is -0.0258. The molecule has 7 nitrogen and oxygen atoms in total. The maximum absolute atomic E-state index is 11.8. The van der Waals surface area contributed by atoms with Crippen LogP contribution in [0.15, 0.2) is 17.5 Å². The number of hydrogen-bond donors (Lipinski definition) is 3. The van der Waals surface area contributed by atoms with E-state index in [0.29, 0.717) is 10.4 Å². The average molecular weight is 318 g/mol. The van der Waals surface area contributed by atoms with Crippen molar-refractivity contribution in [1.29, 1.82) is 0 Å². The minimum Gasteiger partial charge on any atom is -0.478 e. The van der Waals surface area contributed by atoms with E-state index in [9.17, 15) is 18.0 Å². The van der Waals surface area contributed by atoms with Crippen molar-refractivity contribution in [3.63, 3.8) is 0 Å². The highest BCUT2D eigenvalue weighted by Crippen LogP contribution is 2.18. The number of carbonyl (C=O) groups is 2. The van der Waals surface area contributed by atoms with Gasteiger partial charge in [-0.3, -0.25) is 4.79 Å². The zero-order valence-electron chi connectivity index (χ0n) is 10.6. The van der Waals surface area contributed by atoms with Crippen molar-refractivity contribution in [3.05, 3.63) is 28.0 Å². The van der Waals surface area contributed by atoms with Gasteiger partial charge in [-0.05, 0) is 30.1 Å². The highest BCUT2D eigenvalue weighted by molar-refractivity contribution is 7.89. The van der Waals surface area contributed by atoms with Gasteiger partial charge in [-0.25, -0.2) is 17.9 Å². The second-order valence-electron chi connectivity index (χ2n) is 3.66. The van der Waals surface area contributed by atoms with Crippen molar-refractivity contribution in [1.82, 2.24) is 10.0 Å². The Labute approximate surface area is 120 Å². The van der Waals surface area contributed by atoms with Gasteiger partial charge in [0.05, 0.1) is 10.6 Å². The number of carboxylic acids is 1. The quantitative estimate of drug-likeness (QED) is 0.618. The van der Waals surface area contributed by atoms with Gasteiger partial charge in [0.1, 0.15) is 0 Å². The molecule has 20 heavy (non-hydrogen) atoms. The summed E-state index contributed by atoms with van der Waals surface area (Å²) in [6.07, 6.45) is 2.25. The Morgan fingerprint density at radius 1 is 1.45 bits per heavy atom. The molecule has 0 atom stereocenters. The molecule has 1 aromatic rings. The molecule has 0 unspecified atom stereocenters. The van der Waals surface area contributed by atoms with E-state index in [1.165, 1.54) is 13.1 Å². The monoisotopic (exact) mass is 318 g/mol. The number of aliphatic carboxylic acids is 1. The van der Waals surface area contributed by atoms with Crippen LogP contribution < -0.4 is 10.0 Å². The molecule has 0 spiro atoms. The Morgan fingerprint density at radius 3 is 2.75 bits per heavy atom. The Kier molecular flexibility index (Phi) is 5.86. The van der Waals surface area contributed by atoms with Gasteiger partial charge >= 0.3 is 5.97 Å². The molecule has 110 valence electrons. The third kappa shape index (κ3) is 5.11. The molecule has 0 aliphatic carbocycles. The van der Waals surface area contributed by atoms with Crippen LogP contribution in [0.4, 0.5) is 0 Å². The summed E-state index contributed by atoms with van der Waals surface area (Å²) in [5, 5.41) is 12.7.